The third kappa shape index (κ3) is 2.13. The molecule has 0 aliphatic carbocycles. The molecule has 1 aromatic carbocycles. The van der Waals surface area contributed by atoms with Crippen LogP contribution in [0.4, 0.5) is 11.4 Å². The van der Waals surface area contributed by atoms with Crippen LogP contribution in [0.25, 0.3) is 0 Å². The molecule has 1 aliphatic heterocycles. The minimum Gasteiger partial charge on any atom is -0.399 e. The zero-order valence-corrected chi connectivity index (χ0v) is 14.0. The number of anilines is 2. The van der Waals surface area contributed by atoms with Gasteiger partial charge in [-0.2, -0.15) is 0 Å². The summed E-state index contributed by atoms with van der Waals surface area (Å²) in [5.74, 6) is 0. The van der Waals surface area contributed by atoms with Gasteiger partial charge in [-0.1, -0.05) is 6.07 Å². The first-order valence-corrected chi connectivity index (χ1v) is 9.11. The summed E-state index contributed by atoms with van der Waals surface area (Å²) in [7, 11) is -3.50. The molecule has 1 aromatic heterocycles. The summed E-state index contributed by atoms with van der Waals surface area (Å²) in [6, 6.07) is 7.14. The lowest BCUT2D eigenvalue weighted by atomic mass is 10.1. The van der Waals surface area contributed by atoms with E-state index < -0.39 is 10.0 Å². The van der Waals surface area contributed by atoms with Crippen molar-refractivity contribution in [2.75, 3.05) is 16.6 Å². The SMILES string of the molecule is Cc1cc(S(=O)(=O)N2CCc3ccc(N)cc32)sc1Br. The van der Waals surface area contributed by atoms with Crippen molar-refractivity contribution in [2.24, 2.45) is 0 Å². The lowest BCUT2D eigenvalue weighted by molar-refractivity contribution is 0.594. The van der Waals surface area contributed by atoms with Crippen LogP contribution >= 0.6 is 27.3 Å². The minimum absolute atomic E-state index is 0.358. The summed E-state index contributed by atoms with van der Waals surface area (Å²) in [6.45, 7) is 2.35. The molecule has 1 aliphatic rings. The Morgan fingerprint density at radius 2 is 2.10 bits per heavy atom. The van der Waals surface area contributed by atoms with Crippen LogP contribution in [0.2, 0.25) is 0 Å². The quantitative estimate of drug-likeness (QED) is 0.823. The third-order valence-electron chi connectivity index (χ3n) is 3.34. The first-order chi connectivity index (χ1) is 9.39. The lowest BCUT2D eigenvalue weighted by Crippen LogP contribution is -2.28. The van der Waals surface area contributed by atoms with Gasteiger partial charge < -0.3 is 5.73 Å². The average molecular weight is 373 g/mol. The number of nitrogens with zero attached hydrogens (tertiary/aromatic N) is 1. The molecule has 2 heterocycles. The van der Waals surface area contributed by atoms with Crippen molar-refractivity contribution < 1.29 is 8.42 Å². The molecule has 7 heteroatoms. The van der Waals surface area contributed by atoms with E-state index in [-0.39, 0.29) is 0 Å². The van der Waals surface area contributed by atoms with Crippen molar-refractivity contribution in [2.45, 2.75) is 17.6 Å². The van der Waals surface area contributed by atoms with Gasteiger partial charge in [-0.25, -0.2) is 8.42 Å². The zero-order chi connectivity index (χ0) is 14.5. The number of hydrogen-bond donors (Lipinski definition) is 1. The second-order valence-corrected chi connectivity index (χ2v) is 9.20. The molecule has 0 saturated carbocycles. The molecule has 20 heavy (non-hydrogen) atoms. The number of thiophene rings is 1. The third-order valence-corrected chi connectivity index (χ3v) is 7.74. The smallest absolute Gasteiger partial charge is 0.273 e. The van der Waals surface area contributed by atoms with E-state index in [2.05, 4.69) is 15.9 Å². The molecule has 0 atom stereocenters. The second-order valence-electron chi connectivity index (χ2n) is 4.74. The lowest BCUT2D eigenvalue weighted by Gasteiger charge is -2.18. The Morgan fingerprint density at radius 1 is 1.35 bits per heavy atom. The molecular weight excluding hydrogens is 360 g/mol. The Labute approximate surface area is 130 Å². The summed E-state index contributed by atoms with van der Waals surface area (Å²) in [5.41, 5.74) is 9.01. The Balaban J connectivity index is 2.09. The minimum atomic E-state index is -3.50. The van der Waals surface area contributed by atoms with Crippen molar-refractivity contribution in [1.29, 1.82) is 0 Å². The number of nitrogen functional groups attached to an aromatic ring is 1. The van der Waals surface area contributed by atoms with E-state index in [4.69, 9.17) is 5.73 Å². The van der Waals surface area contributed by atoms with E-state index >= 15 is 0 Å². The number of benzene rings is 1. The maximum atomic E-state index is 12.7. The van der Waals surface area contributed by atoms with Crippen LogP contribution in [0.5, 0.6) is 0 Å². The zero-order valence-electron chi connectivity index (χ0n) is 10.8. The van der Waals surface area contributed by atoms with E-state index in [9.17, 15) is 8.42 Å². The molecule has 0 bridgehead atoms. The molecule has 0 unspecified atom stereocenters. The van der Waals surface area contributed by atoms with Crippen LogP contribution < -0.4 is 10.0 Å². The molecule has 0 fully saturated rings. The Hall–Kier alpha value is -1.05. The number of halogens is 1. The van der Waals surface area contributed by atoms with Gasteiger partial charge in [-0.3, -0.25) is 4.31 Å². The number of nitrogens with two attached hydrogens (primary N) is 1. The fourth-order valence-corrected chi connectivity index (χ4v) is 6.12. The highest BCUT2D eigenvalue weighted by Gasteiger charge is 2.32. The summed E-state index contributed by atoms with van der Waals surface area (Å²) in [5, 5.41) is 0. The van der Waals surface area contributed by atoms with Gasteiger partial charge in [0.15, 0.2) is 0 Å². The van der Waals surface area contributed by atoms with Crippen molar-refractivity contribution in [3.8, 4) is 0 Å². The highest BCUT2D eigenvalue weighted by molar-refractivity contribution is 9.11. The summed E-state index contributed by atoms with van der Waals surface area (Å²) < 4.78 is 28.2. The number of hydrogen-bond acceptors (Lipinski definition) is 4. The van der Waals surface area contributed by atoms with Crippen LogP contribution in [0.1, 0.15) is 11.1 Å². The predicted molar refractivity (Wildman–Crippen MR) is 85.8 cm³/mol. The normalized spacial score (nSPS) is 14.6. The van der Waals surface area contributed by atoms with Crippen LogP contribution in [-0.2, 0) is 16.4 Å². The summed E-state index contributed by atoms with van der Waals surface area (Å²) in [4.78, 5) is 0. The maximum absolute atomic E-state index is 12.7. The van der Waals surface area contributed by atoms with E-state index in [1.165, 1.54) is 15.6 Å². The van der Waals surface area contributed by atoms with Crippen LogP contribution in [-0.4, -0.2) is 15.0 Å². The maximum Gasteiger partial charge on any atom is 0.273 e. The van der Waals surface area contributed by atoms with Crippen molar-refractivity contribution in [3.05, 3.63) is 39.2 Å². The van der Waals surface area contributed by atoms with Crippen LogP contribution in [0, 0.1) is 6.92 Å². The first-order valence-electron chi connectivity index (χ1n) is 6.06. The van der Waals surface area contributed by atoms with Gasteiger partial charge in [0.05, 0.1) is 9.47 Å². The van der Waals surface area contributed by atoms with Gasteiger partial charge in [-0.05, 0) is 58.6 Å². The monoisotopic (exact) mass is 372 g/mol. The Kier molecular flexibility index (Phi) is 3.30. The van der Waals surface area contributed by atoms with Gasteiger partial charge in [0.1, 0.15) is 4.21 Å². The predicted octanol–water partition coefficient (Wildman–Crippen LogP) is 3.15. The fourth-order valence-electron chi connectivity index (χ4n) is 2.28. The number of sulfonamides is 1. The molecule has 0 spiro atoms. The van der Waals surface area contributed by atoms with Gasteiger partial charge in [0, 0.05) is 12.2 Å². The second kappa shape index (κ2) is 4.75. The van der Waals surface area contributed by atoms with Gasteiger partial charge in [0.25, 0.3) is 10.0 Å². The number of aryl methyl sites for hydroxylation is 1. The average Bonchev–Trinajstić information content (AvgIpc) is 2.94. The standard InChI is InChI=1S/C13H13BrN2O2S2/c1-8-6-12(19-13(8)14)20(17,18)16-5-4-9-2-3-10(15)7-11(9)16/h2-3,6-7H,4-5,15H2,1H3. The highest BCUT2D eigenvalue weighted by Crippen LogP contribution is 2.38. The van der Waals surface area contributed by atoms with Crippen molar-refractivity contribution >= 4 is 48.7 Å². The number of fused-ring (bicyclic) bond motifs is 1. The van der Waals surface area contributed by atoms with Crippen LogP contribution in [0.15, 0.2) is 32.3 Å². The molecular formula is C13H13BrN2O2S2. The van der Waals surface area contributed by atoms with Crippen molar-refractivity contribution in [3.63, 3.8) is 0 Å². The van der Waals surface area contributed by atoms with Crippen molar-refractivity contribution in [1.82, 2.24) is 0 Å². The fraction of sp³-hybridized carbons (Fsp3) is 0.231. The van der Waals surface area contributed by atoms with Gasteiger partial charge in [0.2, 0.25) is 0 Å². The Morgan fingerprint density at radius 3 is 2.75 bits per heavy atom. The number of rotatable bonds is 2. The van der Waals surface area contributed by atoms with E-state index in [0.717, 1.165) is 21.3 Å². The first kappa shape index (κ1) is 13.9. The topological polar surface area (TPSA) is 63.4 Å². The highest BCUT2D eigenvalue weighted by atomic mass is 79.9. The Bertz CT molecular complexity index is 764. The summed E-state index contributed by atoms with van der Waals surface area (Å²) in [6.07, 6.45) is 0.723. The largest absolute Gasteiger partial charge is 0.399 e. The molecule has 2 N–H and O–H groups in total. The molecule has 0 saturated heterocycles. The molecule has 0 amide bonds. The molecule has 3 rings (SSSR count). The molecule has 4 nitrogen and oxygen atoms in total. The van der Waals surface area contributed by atoms with Gasteiger partial charge in [-0.15, -0.1) is 11.3 Å². The molecule has 106 valence electrons. The van der Waals surface area contributed by atoms with Gasteiger partial charge >= 0.3 is 0 Å². The van der Waals surface area contributed by atoms with E-state index in [1.54, 1.807) is 18.2 Å². The van der Waals surface area contributed by atoms with E-state index in [1.807, 2.05) is 13.0 Å². The molecule has 0 radical (unpaired) electrons. The van der Waals surface area contributed by atoms with Crippen LogP contribution in [0.3, 0.4) is 0 Å². The van der Waals surface area contributed by atoms with E-state index in [0.29, 0.717) is 22.1 Å². The summed E-state index contributed by atoms with van der Waals surface area (Å²) >= 11 is 4.62. The molecule has 2 aromatic rings.